The molecule has 142 valence electrons. The lowest BCUT2D eigenvalue weighted by atomic mass is 10.3. The van der Waals surface area contributed by atoms with Gasteiger partial charge in [-0.25, -0.2) is 26.9 Å². The van der Waals surface area contributed by atoms with Crippen LogP contribution in [0.2, 0.25) is 0 Å². The first-order valence-electron chi connectivity index (χ1n) is 7.89. The minimum Gasteiger partial charge on any atom is -0.444 e. The maximum absolute atomic E-state index is 13.7. The molecule has 7 nitrogen and oxygen atoms in total. The maximum Gasteiger partial charge on any atom is 0.276 e. The van der Waals surface area contributed by atoms with E-state index in [1.165, 1.54) is 0 Å². The van der Waals surface area contributed by atoms with Gasteiger partial charge in [0.1, 0.15) is 22.3 Å². The van der Waals surface area contributed by atoms with Gasteiger partial charge in [0.15, 0.2) is 5.69 Å². The summed E-state index contributed by atoms with van der Waals surface area (Å²) in [5.41, 5.74) is 0.0934. The minimum absolute atomic E-state index is 0.0379. The highest BCUT2D eigenvalue weighted by Crippen LogP contribution is 2.17. The van der Waals surface area contributed by atoms with Crippen LogP contribution in [0.3, 0.4) is 0 Å². The molecule has 0 atom stereocenters. The summed E-state index contributed by atoms with van der Waals surface area (Å²) in [6.07, 6.45) is 0. The van der Waals surface area contributed by atoms with Gasteiger partial charge in [-0.3, -0.25) is 4.79 Å². The molecule has 0 saturated heterocycles. The maximum atomic E-state index is 13.7. The van der Waals surface area contributed by atoms with Crippen molar-refractivity contribution in [3.05, 3.63) is 47.2 Å². The van der Waals surface area contributed by atoms with Gasteiger partial charge in [0.05, 0.1) is 6.54 Å². The van der Waals surface area contributed by atoms with Crippen molar-refractivity contribution in [1.82, 2.24) is 14.6 Å². The summed E-state index contributed by atoms with van der Waals surface area (Å²) in [4.78, 5) is 17.2. The van der Waals surface area contributed by atoms with Crippen molar-refractivity contribution in [1.29, 1.82) is 0 Å². The van der Waals surface area contributed by atoms with Gasteiger partial charge in [-0.2, -0.15) is 0 Å². The third-order valence-corrected chi connectivity index (χ3v) is 5.13. The van der Waals surface area contributed by atoms with Gasteiger partial charge in [0.2, 0.25) is 15.9 Å². The molecule has 0 unspecified atom stereocenters. The molecule has 1 aromatic heterocycles. The lowest BCUT2D eigenvalue weighted by molar-refractivity contribution is 0.0766. The third-order valence-electron chi connectivity index (χ3n) is 3.69. The Hall–Kier alpha value is -2.33. The predicted molar refractivity (Wildman–Crippen MR) is 88.9 cm³/mol. The number of sulfonamides is 1. The smallest absolute Gasteiger partial charge is 0.276 e. The molecule has 0 saturated carbocycles. The van der Waals surface area contributed by atoms with Crippen LogP contribution >= 0.6 is 0 Å². The number of halogens is 2. The van der Waals surface area contributed by atoms with Gasteiger partial charge < -0.3 is 9.32 Å². The molecule has 2 rings (SSSR count). The highest BCUT2D eigenvalue weighted by atomic mass is 32.2. The van der Waals surface area contributed by atoms with Crippen molar-refractivity contribution in [3.8, 4) is 0 Å². The Bertz CT molecular complexity index is 908. The van der Waals surface area contributed by atoms with E-state index in [2.05, 4.69) is 9.71 Å². The van der Waals surface area contributed by atoms with E-state index in [0.717, 1.165) is 12.1 Å². The summed E-state index contributed by atoms with van der Waals surface area (Å²) in [6, 6.07) is 2.14. The third kappa shape index (κ3) is 4.25. The van der Waals surface area contributed by atoms with Crippen molar-refractivity contribution in [2.24, 2.45) is 0 Å². The van der Waals surface area contributed by atoms with Crippen LogP contribution in [0.5, 0.6) is 0 Å². The number of aromatic nitrogens is 1. The van der Waals surface area contributed by atoms with Crippen molar-refractivity contribution >= 4 is 15.9 Å². The summed E-state index contributed by atoms with van der Waals surface area (Å²) in [5.74, 6) is -2.20. The Balaban J connectivity index is 2.17. The molecule has 2 aromatic rings. The zero-order chi connectivity index (χ0) is 19.5. The number of benzene rings is 1. The second-order valence-corrected chi connectivity index (χ2v) is 7.12. The molecule has 0 aliphatic carbocycles. The van der Waals surface area contributed by atoms with E-state index >= 15 is 0 Å². The lowest BCUT2D eigenvalue weighted by Gasteiger charge is -2.16. The van der Waals surface area contributed by atoms with Gasteiger partial charge in [-0.15, -0.1) is 0 Å². The van der Waals surface area contributed by atoms with Crippen molar-refractivity contribution < 1.29 is 26.4 Å². The van der Waals surface area contributed by atoms with Crippen LogP contribution in [0.25, 0.3) is 0 Å². The fraction of sp³-hybridized carbons (Fsp3) is 0.375. The second-order valence-electron chi connectivity index (χ2n) is 5.39. The Morgan fingerprint density at radius 2 is 1.92 bits per heavy atom. The van der Waals surface area contributed by atoms with E-state index in [0.29, 0.717) is 19.2 Å². The number of hydrogen-bond acceptors (Lipinski definition) is 5. The normalized spacial score (nSPS) is 11.6. The van der Waals surface area contributed by atoms with E-state index in [4.69, 9.17) is 4.42 Å². The quantitative estimate of drug-likeness (QED) is 0.786. The molecule has 1 N–H and O–H groups in total. The number of amides is 1. The highest BCUT2D eigenvalue weighted by molar-refractivity contribution is 7.89. The molecule has 10 heteroatoms. The fourth-order valence-corrected chi connectivity index (χ4v) is 3.35. The predicted octanol–water partition coefficient (Wildman–Crippen LogP) is 2.22. The number of rotatable bonds is 7. The van der Waals surface area contributed by atoms with Crippen LogP contribution in [0, 0.1) is 18.6 Å². The van der Waals surface area contributed by atoms with E-state index in [1.54, 1.807) is 11.8 Å². The molecule has 0 spiro atoms. The number of carbonyl (C=O) groups is 1. The van der Waals surface area contributed by atoms with Crippen molar-refractivity contribution in [2.75, 3.05) is 13.1 Å². The van der Waals surface area contributed by atoms with Gasteiger partial charge in [0.25, 0.3) is 5.91 Å². The molecule has 0 bridgehead atoms. The van der Waals surface area contributed by atoms with Crippen molar-refractivity contribution in [2.45, 2.75) is 32.2 Å². The average Bonchev–Trinajstić information content (AvgIpc) is 2.94. The van der Waals surface area contributed by atoms with Crippen LogP contribution in [-0.4, -0.2) is 37.3 Å². The molecule has 0 radical (unpaired) electrons. The average molecular weight is 387 g/mol. The summed E-state index contributed by atoms with van der Waals surface area (Å²) in [7, 11) is -4.24. The lowest BCUT2D eigenvalue weighted by Crippen LogP contribution is -2.31. The van der Waals surface area contributed by atoms with Crippen LogP contribution < -0.4 is 4.72 Å². The Morgan fingerprint density at radius 3 is 2.50 bits per heavy atom. The number of hydrogen-bond donors (Lipinski definition) is 1. The van der Waals surface area contributed by atoms with Gasteiger partial charge in [-0.05, 0) is 32.9 Å². The van der Waals surface area contributed by atoms with Gasteiger partial charge in [0, 0.05) is 19.2 Å². The number of nitrogens with zero attached hydrogens (tertiary/aromatic N) is 2. The molecular weight excluding hydrogens is 368 g/mol. The van der Waals surface area contributed by atoms with Crippen LogP contribution in [-0.2, 0) is 16.6 Å². The molecule has 0 aliphatic rings. The van der Waals surface area contributed by atoms with Gasteiger partial charge >= 0.3 is 0 Å². The number of nitrogens with one attached hydrogen (secondary N) is 1. The molecular formula is C16H19F2N3O4S. The number of aryl methyl sites for hydroxylation is 1. The summed E-state index contributed by atoms with van der Waals surface area (Å²) >= 11 is 0. The number of oxazole rings is 1. The fourth-order valence-electron chi connectivity index (χ4n) is 2.31. The first-order valence-corrected chi connectivity index (χ1v) is 9.38. The summed E-state index contributed by atoms with van der Waals surface area (Å²) in [6.45, 7) is 5.79. The van der Waals surface area contributed by atoms with E-state index in [1.807, 2.05) is 13.8 Å². The molecule has 0 fully saturated rings. The molecule has 1 amide bonds. The topological polar surface area (TPSA) is 92.5 Å². The zero-order valence-corrected chi connectivity index (χ0v) is 15.4. The van der Waals surface area contributed by atoms with Crippen molar-refractivity contribution in [3.63, 3.8) is 0 Å². The standard InChI is InChI=1S/C16H19F2N3O4S/c1-4-21(5-2)16(22)15-10(3)25-14(20-15)9-19-26(23,24)13-7-6-11(17)8-12(13)18/h6-8,19H,4-5,9H2,1-3H3. The molecule has 26 heavy (non-hydrogen) atoms. The van der Waals surface area contributed by atoms with Gasteiger partial charge in [-0.1, -0.05) is 0 Å². The first kappa shape index (κ1) is 20.0. The van der Waals surface area contributed by atoms with E-state index in [-0.39, 0.29) is 29.8 Å². The monoisotopic (exact) mass is 387 g/mol. The highest BCUT2D eigenvalue weighted by Gasteiger charge is 2.23. The SMILES string of the molecule is CCN(CC)C(=O)c1nc(CNS(=O)(=O)c2ccc(F)cc2F)oc1C. The summed E-state index contributed by atoms with van der Waals surface area (Å²) < 4.78 is 58.3. The van der Waals surface area contributed by atoms with Crippen LogP contribution in [0.15, 0.2) is 27.5 Å². The van der Waals surface area contributed by atoms with E-state index < -0.39 is 26.6 Å². The molecule has 1 heterocycles. The Morgan fingerprint density at radius 1 is 1.27 bits per heavy atom. The molecule has 0 aliphatic heterocycles. The van der Waals surface area contributed by atoms with E-state index in [9.17, 15) is 22.0 Å². The minimum atomic E-state index is -4.24. The Labute approximate surface area is 150 Å². The van der Waals surface area contributed by atoms with Crippen LogP contribution in [0.4, 0.5) is 8.78 Å². The Kier molecular flexibility index (Phi) is 6.09. The second kappa shape index (κ2) is 7.92. The first-order chi connectivity index (χ1) is 12.2. The summed E-state index contributed by atoms with van der Waals surface area (Å²) in [5, 5.41) is 0. The van der Waals surface area contributed by atoms with Crippen LogP contribution in [0.1, 0.15) is 36.0 Å². The zero-order valence-electron chi connectivity index (χ0n) is 14.5. The number of carbonyl (C=O) groups excluding carboxylic acids is 1. The molecule has 1 aromatic carbocycles. The largest absolute Gasteiger partial charge is 0.444 e.